The third-order valence-electron chi connectivity index (χ3n) is 4.28. The summed E-state index contributed by atoms with van der Waals surface area (Å²) in [6.07, 6.45) is 7.13. The van der Waals surface area contributed by atoms with Crippen LogP contribution in [0.3, 0.4) is 0 Å². The van der Waals surface area contributed by atoms with Crippen LogP contribution in [0.15, 0.2) is 0 Å². The molecule has 0 saturated heterocycles. The topological polar surface area (TPSA) is 72.2 Å². The molecule has 0 aromatic carbocycles. The predicted molar refractivity (Wildman–Crippen MR) is 71.2 cm³/mol. The molecule has 1 fully saturated rings. The molecule has 3 N–H and O–H groups in total. The molecular formula is C12H26N2O2S. The Bertz CT molecular complexity index is 329. The van der Waals surface area contributed by atoms with Gasteiger partial charge in [-0.05, 0) is 31.6 Å². The first-order valence-corrected chi connectivity index (χ1v) is 8.50. The summed E-state index contributed by atoms with van der Waals surface area (Å²) in [4.78, 5) is 0. The van der Waals surface area contributed by atoms with Crippen molar-refractivity contribution >= 4 is 9.84 Å². The van der Waals surface area contributed by atoms with Crippen LogP contribution in [0.25, 0.3) is 0 Å². The zero-order chi connectivity index (χ0) is 13.1. The fraction of sp³-hybridized carbons (Fsp3) is 1.00. The fourth-order valence-electron chi connectivity index (χ4n) is 2.95. The third-order valence-corrected chi connectivity index (χ3v) is 5.93. The summed E-state index contributed by atoms with van der Waals surface area (Å²) in [5.74, 6) is 6.70. The standard InChI is InChI=1S/C12H26N2O2S/c1-4-10-6-5-7-11(8-10)12(14-13)9(2)17(3,15)16/h9-12,14H,4-8,13H2,1-3H3. The molecular weight excluding hydrogens is 236 g/mol. The van der Waals surface area contributed by atoms with Crippen molar-refractivity contribution < 1.29 is 8.42 Å². The van der Waals surface area contributed by atoms with Gasteiger partial charge in [0.05, 0.1) is 5.25 Å². The number of sulfone groups is 1. The Balaban J connectivity index is 2.73. The van der Waals surface area contributed by atoms with Gasteiger partial charge in [0.15, 0.2) is 9.84 Å². The van der Waals surface area contributed by atoms with E-state index in [1.165, 1.54) is 25.5 Å². The highest BCUT2D eigenvalue weighted by Gasteiger charge is 2.34. The summed E-state index contributed by atoms with van der Waals surface area (Å²) >= 11 is 0. The van der Waals surface area contributed by atoms with E-state index < -0.39 is 15.1 Å². The van der Waals surface area contributed by atoms with Crippen molar-refractivity contribution in [3.63, 3.8) is 0 Å². The highest BCUT2D eigenvalue weighted by Crippen LogP contribution is 2.34. The highest BCUT2D eigenvalue weighted by molar-refractivity contribution is 7.91. The molecule has 0 aliphatic heterocycles. The zero-order valence-electron chi connectivity index (χ0n) is 11.1. The molecule has 1 saturated carbocycles. The number of hydrazine groups is 1. The van der Waals surface area contributed by atoms with E-state index in [1.807, 2.05) is 0 Å². The van der Waals surface area contributed by atoms with E-state index in [0.29, 0.717) is 5.92 Å². The lowest BCUT2D eigenvalue weighted by atomic mass is 9.76. The molecule has 1 aliphatic rings. The van der Waals surface area contributed by atoms with Crippen LogP contribution in [0.1, 0.15) is 46.0 Å². The Labute approximate surface area is 105 Å². The first-order valence-electron chi connectivity index (χ1n) is 6.55. The van der Waals surface area contributed by atoms with Crippen LogP contribution < -0.4 is 11.3 Å². The largest absolute Gasteiger partial charge is 0.271 e. The highest BCUT2D eigenvalue weighted by atomic mass is 32.2. The van der Waals surface area contributed by atoms with Crippen LogP contribution >= 0.6 is 0 Å². The van der Waals surface area contributed by atoms with Crippen molar-refractivity contribution in [1.82, 2.24) is 5.43 Å². The van der Waals surface area contributed by atoms with Crippen molar-refractivity contribution in [3.8, 4) is 0 Å². The Hall–Kier alpha value is -0.130. The maximum atomic E-state index is 11.6. The maximum absolute atomic E-state index is 11.6. The molecule has 4 nitrogen and oxygen atoms in total. The van der Waals surface area contributed by atoms with Gasteiger partial charge >= 0.3 is 0 Å². The van der Waals surface area contributed by atoms with Crippen LogP contribution in [0.5, 0.6) is 0 Å². The molecule has 4 unspecified atom stereocenters. The first-order chi connectivity index (χ1) is 7.90. The smallest absolute Gasteiger partial charge is 0.151 e. The minimum Gasteiger partial charge on any atom is -0.271 e. The van der Waals surface area contributed by atoms with Crippen LogP contribution in [0, 0.1) is 11.8 Å². The van der Waals surface area contributed by atoms with E-state index in [0.717, 1.165) is 18.8 Å². The SMILES string of the molecule is CCC1CCCC(C(NN)C(C)S(C)(=O)=O)C1. The second kappa shape index (κ2) is 6.16. The van der Waals surface area contributed by atoms with Crippen molar-refractivity contribution in [3.05, 3.63) is 0 Å². The van der Waals surface area contributed by atoms with Gasteiger partial charge in [0.1, 0.15) is 0 Å². The van der Waals surface area contributed by atoms with E-state index >= 15 is 0 Å². The molecule has 0 aromatic rings. The molecule has 0 bridgehead atoms. The van der Waals surface area contributed by atoms with Crippen molar-refractivity contribution in [2.75, 3.05) is 6.26 Å². The third kappa shape index (κ3) is 3.93. The minimum absolute atomic E-state index is 0.112. The Morgan fingerprint density at radius 3 is 2.53 bits per heavy atom. The van der Waals surface area contributed by atoms with Crippen molar-refractivity contribution in [2.45, 2.75) is 57.2 Å². The molecule has 0 aromatic heterocycles. The summed E-state index contributed by atoms with van der Waals surface area (Å²) in [5.41, 5.74) is 2.74. The molecule has 17 heavy (non-hydrogen) atoms. The fourth-order valence-corrected chi connectivity index (χ4v) is 3.78. The molecule has 1 aliphatic carbocycles. The van der Waals surface area contributed by atoms with Gasteiger partial charge in [-0.2, -0.15) is 0 Å². The Morgan fingerprint density at radius 1 is 1.41 bits per heavy atom. The monoisotopic (exact) mass is 262 g/mol. The lowest BCUT2D eigenvalue weighted by molar-refractivity contribution is 0.206. The van der Waals surface area contributed by atoms with Gasteiger partial charge in [0, 0.05) is 12.3 Å². The lowest BCUT2D eigenvalue weighted by Crippen LogP contribution is -2.51. The molecule has 0 heterocycles. The van der Waals surface area contributed by atoms with Gasteiger partial charge in [-0.15, -0.1) is 0 Å². The number of hydrogen-bond donors (Lipinski definition) is 2. The van der Waals surface area contributed by atoms with Gasteiger partial charge < -0.3 is 0 Å². The maximum Gasteiger partial charge on any atom is 0.151 e. The Kier molecular flexibility index (Phi) is 5.41. The van der Waals surface area contributed by atoms with Crippen LogP contribution in [0.2, 0.25) is 0 Å². The van der Waals surface area contributed by atoms with Crippen LogP contribution in [0.4, 0.5) is 0 Å². The number of nitrogens with one attached hydrogen (secondary N) is 1. The Morgan fingerprint density at radius 2 is 2.06 bits per heavy atom. The molecule has 1 rings (SSSR count). The van der Waals surface area contributed by atoms with E-state index in [-0.39, 0.29) is 6.04 Å². The number of hydrogen-bond acceptors (Lipinski definition) is 4. The molecule has 0 amide bonds. The van der Waals surface area contributed by atoms with Crippen LogP contribution in [-0.4, -0.2) is 26.0 Å². The predicted octanol–water partition coefficient (Wildman–Crippen LogP) is 1.47. The van der Waals surface area contributed by atoms with E-state index in [1.54, 1.807) is 6.92 Å². The molecule has 4 atom stereocenters. The summed E-state index contributed by atoms with van der Waals surface area (Å²) < 4.78 is 23.3. The van der Waals surface area contributed by atoms with Gasteiger partial charge in [-0.1, -0.05) is 26.2 Å². The second-order valence-corrected chi connectivity index (χ2v) is 7.83. The lowest BCUT2D eigenvalue weighted by Gasteiger charge is -2.36. The molecule has 102 valence electrons. The van der Waals surface area contributed by atoms with Crippen molar-refractivity contribution in [1.29, 1.82) is 0 Å². The normalized spacial score (nSPS) is 29.9. The average molecular weight is 262 g/mol. The molecule has 0 radical (unpaired) electrons. The number of rotatable bonds is 5. The first kappa shape index (κ1) is 14.9. The summed E-state index contributed by atoms with van der Waals surface area (Å²) in [6.45, 7) is 3.97. The van der Waals surface area contributed by atoms with Gasteiger partial charge in [-0.3, -0.25) is 11.3 Å². The van der Waals surface area contributed by atoms with Crippen LogP contribution in [-0.2, 0) is 9.84 Å². The average Bonchev–Trinajstić information content (AvgIpc) is 2.29. The summed E-state index contributed by atoms with van der Waals surface area (Å²) in [6, 6.07) is -0.112. The van der Waals surface area contributed by atoms with Crippen molar-refractivity contribution in [2.24, 2.45) is 17.7 Å². The van der Waals surface area contributed by atoms with E-state index in [9.17, 15) is 8.42 Å². The van der Waals surface area contributed by atoms with E-state index in [4.69, 9.17) is 5.84 Å². The quantitative estimate of drug-likeness (QED) is 0.581. The van der Waals surface area contributed by atoms with E-state index in [2.05, 4.69) is 12.3 Å². The molecule has 5 heteroatoms. The van der Waals surface area contributed by atoms with Gasteiger partial charge in [-0.25, -0.2) is 8.42 Å². The molecule has 0 spiro atoms. The zero-order valence-corrected chi connectivity index (χ0v) is 12.0. The van der Waals surface area contributed by atoms with Gasteiger partial charge in [0.2, 0.25) is 0 Å². The van der Waals surface area contributed by atoms with Gasteiger partial charge in [0.25, 0.3) is 0 Å². The number of nitrogens with two attached hydrogens (primary N) is 1. The minimum atomic E-state index is -3.03. The summed E-state index contributed by atoms with van der Waals surface area (Å²) in [5, 5.41) is -0.409. The second-order valence-electron chi connectivity index (χ2n) is 5.43. The summed E-state index contributed by atoms with van der Waals surface area (Å²) in [7, 11) is -3.03.